The Kier molecular flexibility index (Phi) is 11.2. The van der Waals surface area contributed by atoms with E-state index in [4.69, 9.17) is 16.9 Å². The van der Waals surface area contributed by atoms with E-state index in [-0.39, 0.29) is 0 Å². The molecule has 156 valence electrons. The fourth-order valence-electron chi connectivity index (χ4n) is 3.54. The van der Waals surface area contributed by atoms with Gasteiger partial charge in [-0.15, -0.1) is 0 Å². The van der Waals surface area contributed by atoms with Crippen LogP contribution >= 0.6 is 11.6 Å². The Morgan fingerprint density at radius 3 is 2.50 bits per heavy atom. The molecule has 1 heterocycles. The van der Waals surface area contributed by atoms with Gasteiger partial charge in [0.15, 0.2) is 0 Å². The molecule has 1 fully saturated rings. The number of halogens is 1. The van der Waals surface area contributed by atoms with Crippen molar-refractivity contribution in [2.24, 2.45) is 11.8 Å². The highest BCUT2D eigenvalue weighted by atomic mass is 35.5. The van der Waals surface area contributed by atoms with Gasteiger partial charge in [-0.1, -0.05) is 45.7 Å². The van der Waals surface area contributed by atoms with Gasteiger partial charge < -0.3 is 14.6 Å². The van der Waals surface area contributed by atoms with Crippen molar-refractivity contribution in [2.75, 3.05) is 31.6 Å². The average molecular weight is 406 g/mol. The maximum Gasteiger partial charge on any atom is 0.123 e. The van der Waals surface area contributed by atoms with Crippen LogP contribution in [0.25, 0.3) is 0 Å². The molecule has 4 nitrogen and oxygen atoms in total. The second-order valence-electron chi connectivity index (χ2n) is 8.12. The van der Waals surface area contributed by atoms with Gasteiger partial charge in [-0.2, -0.15) is 5.26 Å². The zero-order valence-electron chi connectivity index (χ0n) is 18.1. The maximum absolute atomic E-state index is 10.1. The van der Waals surface area contributed by atoms with E-state index in [1.165, 1.54) is 6.42 Å². The lowest BCUT2D eigenvalue weighted by Gasteiger charge is -2.33. The third kappa shape index (κ3) is 7.81. The van der Waals surface area contributed by atoms with Crippen molar-refractivity contribution in [3.8, 4) is 6.07 Å². The smallest absolute Gasteiger partial charge is 0.123 e. The van der Waals surface area contributed by atoms with Crippen molar-refractivity contribution in [3.63, 3.8) is 0 Å². The molecule has 0 radical (unpaired) electrons. The van der Waals surface area contributed by atoms with E-state index in [0.29, 0.717) is 28.5 Å². The molecular formula is C23H36ClN3O. The molecule has 1 aromatic carbocycles. The van der Waals surface area contributed by atoms with Gasteiger partial charge in [0.2, 0.25) is 0 Å². The number of carbonyl (C=O) groups excluding carboxylic acids is 1. The van der Waals surface area contributed by atoms with Crippen LogP contribution in [0.1, 0.15) is 58.9 Å². The highest BCUT2D eigenvalue weighted by Crippen LogP contribution is 2.28. The van der Waals surface area contributed by atoms with Crippen LogP contribution in [0.15, 0.2) is 18.2 Å². The number of hydrogen-bond acceptors (Lipinski definition) is 4. The van der Waals surface area contributed by atoms with Gasteiger partial charge >= 0.3 is 0 Å². The number of likely N-dealkylation sites (N-methyl/N-ethyl adjacent to an activating group) is 1. The van der Waals surface area contributed by atoms with Crippen LogP contribution in [-0.4, -0.2) is 43.9 Å². The standard InChI is InChI=1S/C16H22ClN3.C7H14O/c1-12(2)10-20(15-6-7-19(3)11-15)14-5-4-13(9-18)16(17)8-14;1-3-5-7(4-2)6-8/h4-5,8,12,15H,6-7,10-11H2,1-3H3;6-7H,3-5H2,1-2H3. The summed E-state index contributed by atoms with van der Waals surface area (Å²) in [7, 11) is 2.17. The number of nitriles is 1. The Balaban J connectivity index is 0.000000416. The van der Waals surface area contributed by atoms with Gasteiger partial charge in [-0.25, -0.2) is 0 Å². The molecule has 2 unspecified atom stereocenters. The summed E-state index contributed by atoms with van der Waals surface area (Å²) in [6.07, 6.45) is 5.42. The Bertz CT molecular complexity index is 641. The molecule has 0 aromatic heterocycles. The second-order valence-corrected chi connectivity index (χ2v) is 8.53. The number of anilines is 1. The Labute approximate surface area is 176 Å². The number of benzene rings is 1. The van der Waals surface area contributed by atoms with Crippen molar-refractivity contribution in [1.29, 1.82) is 5.26 Å². The number of aldehydes is 1. The van der Waals surface area contributed by atoms with Crippen molar-refractivity contribution < 1.29 is 4.79 Å². The van der Waals surface area contributed by atoms with E-state index in [1.807, 2.05) is 18.2 Å². The minimum absolute atomic E-state index is 0.319. The second kappa shape index (κ2) is 12.8. The summed E-state index contributed by atoms with van der Waals surface area (Å²) in [5.41, 5.74) is 1.67. The lowest BCUT2D eigenvalue weighted by atomic mass is 10.0. The summed E-state index contributed by atoms with van der Waals surface area (Å²) in [5, 5.41) is 9.53. The zero-order chi connectivity index (χ0) is 21.1. The summed E-state index contributed by atoms with van der Waals surface area (Å²) in [6.45, 7) is 11.9. The van der Waals surface area contributed by atoms with Crippen LogP contribution in [0.2, 0.25) is 5.02 Å². The number of likely N-dealkylation sites (tertiary alicyclic amines) is 1. The van der Waals surface area contributed by atoms with E-state index >= 15 is 0 Å². The minimum atomic E-state index is 0.319. The lowest BCUT2D eigenvalue weighted by Crippen LogP contribution is -2.39. The first-order valence-corrected chi connectivity index (χ1v) is 10.8. The highest BCUT2D eigenvalue weighted by Gasteiger charge is 2.26. The fraction of sp³-hybridized carbons (Fsp3) is 0.652. The molecule has 5 heteroatoms. The average Bonchev–Trinajstić information content (AvgIpc) is 3.10. The van der Waals surface area contributed by atoms with Gasteiger partial charge in [0.1, 0.15) is 12.4 Å². The van der Waals surface area contributed by atoms with Crippen LogP contribution in [-0.2, 0) is 4.79 Å². The van der Waals surface area contributed by atoms with Crippen LogP contribution in [0.5, 0.6) is 0 Å². The Hall–Kier alpha value is -1.57. The maximum atomic E-state index is 10.1. The third-order valence-corrected chi connectivity index (χ3v) is 5.46. The summed E-state index contributed by atoms with van der Waals surface area (Å²) < 4.78 is 0. The largest absolute Gasteiger partial charge is 0.367 e. The van der Waals surface area contributed by atoms with E-state index in [2.05, 4.69) is 50.6 Å². The van der Waals surface area contributed by atoms with Crippen molar-refractivity contribution in [2.45, 2.75) is 59.4 Å². The first kappa shape index (κ1) is 24.5. The molecule has 0 spiro atoms. The number of carbonyl (C=O) groups is 1. The third-order valence-electron chi connectivity index (χ3n) is 5.15. The zero-order valence-corrected chi connectivity index (χ0v) is 18.9. The van der Waals surface area contributed by atoms with Gasteiger partial charge in [0.25, 0.3) is 0 Å². The van der Waals surface area contributed by atoms with Crippen LogP contribution in [0.4, 0.5) is 5.69 Å². The van der Waals surface area contributed by atoms with E-state index < -0.39 is 0 Å². The van der Waals surface area contributed by atoms with Crippen molar-refractivity contribution in [3.05, 3.63) is 28.8 Å². The molecule has 0 aliphatic carbocycles. The predicted octanol–water partition coefficient (Wildman–Crippen LogP) is 5.39. The molecule has 2 rings (SSSR count). The van der Waals surface area contributed by atoms with Crippen molar-refractivity contribution >= 4 is 23.6 Å². The summed E-state index contributed by atoms with van der Waals surface area (Å²) in [5.74, 6) is 0.912. The Morgan fingerprint density at radius 1 is 1.39 bits per heavy atom. The number of nitrogens with zero attached hydrogens (tertiary/aromatic N) is 3. The van der Waals surface area contributed by atoms with E-state index in [9.17, 15) is 4.79 Å². The first-order valence-electron chi connectivity index (χ1n) is 10.5. The molecule has 0 N–H and O–H groups in total. The van der Waals surface area contributed by atoms with Crippen molar-refractivity contribution in [1.82, 2.24) is 4.90 Å². The Morgan fingerprint density at radius 2 is 2.11 bits per heavy atom. The molecule has 2 atom stereocenters. The lowest BCUT2D eigenvalue weighted by molar-refractivity contribution is -0.111. The molecule has 0 bridgehead atoms. The minimum Gasteiger partial charge on any atom is -0.367 e. The first-order chi connectivity index (χ1) is 13.4. The molecule has 0 amide bonds. The monoisotopic (exact) mass is 405 g/mol. The van der Waals surface area contributed by atoms with E-state index in [0.717, 1.165) is 50.9 Å². The molecule has 1 aromatic rings. The number of rotatable bonds is 8. The van der Waals surface area contributed by atoms with Gasteiger partial charge in [-0.3, -0.25) is 0 Å². The highest BCUT2D eigenvalue weighted by molar-refractivity contribution is 6.32. The molecule has 1 aliphatic rings. The SMILES string of the molecule is CC(C)CN(c1ccc(C#N)c(Cl)c1)C1CCN(C)C1.CCCC(C=O)CC. The summed E-state index contributed by atoms with van der Waals surface area (Å²) >= 11 is 6.19. The molecule has 28 heavy (non-hydrogen) atoms. The molecule has 0 saturated carbocycles. The topological polar surface area (TPSA) is 47.3 Å². The fourth-order valence-corrected chi connectivity index (χ4v) is 3.75. The molecule has 1 saturated heterocycles. The summed E-state index contributed by atoms with van der Waals surface area (Å²) in [6, 6.07) is 8.43. The predicted molar refractivity (Wildman–Crippen MR) is 119 cm³/mol. The quantitative estimate of drug-likeness (QED) is 0.544. The summed E-state index contributed by atoms with van der Waals surface area (Å²) in [4.78, 5) is 14.9. The van der Waals surface area contributed by atoms with Crippen LogP contribution in [0.3, 0.4) is 0 Å². The number of hydrogen-bond donors (Lipinski definition) is 0. The van der Waals surface area contributed by atoms with E-state index in [1.54, 1.807) is 0 Å². The van der Waals surface area contributed by atoms with Crippen LogP contribution in [0, 0.1) is 23.2 Å². The molecular weight excluding hydrogens is 370 g/mol. The van der Waals surface area contributed by atoms with Gasteiger partial charge in [0, 0.05) is 30.7 Å². The molecule has 1 aliphatic heterocycles. The van der Waals surface area contributed by atoms with Crippen LogP contribution < -0.4 is 4.90 Å². The van der Waals surface area contributed by atoms with Gasteiger partial charge in [-0.05, 0) is 57.0 Å². The normalized spacial score (nSPS) is 17.6. The van der Waals surface area contributed by atoms with Gasteiger partial charge in [0.05, 0.1) is 10.6 Å².